The molecule has 2 heteroatoms. The van der Waals surface area contributed by atoms with Gasteiger partial charge in [-0.3, -0.25) is 4.79 Å². The van der Waals surface area contributed by atoms with Gasteiger partial charge in [-0.15, -0.1) is 0 Å². The molecule has 0 aromatic heterocycles. The average molecular weight is 393 g/mol. The molecule has 2 aromatic carbocycles. The van der Waals surface area contributed by atoms with E-state index >= 15 is 0 Å². The maximum Gasteiger partial charge on any atom is 0.196 e. The fraction of sp³-hybridized carbons (Fsp3) is 0.444. The first-order chi connectivity index (χ1) is 14.2. The van der Waals surface area contributed by atoms with Gasteiger partial charge < -0.3 is 5.11 Å². The highest BCUT2D eigenvalue weighted by Crippen LogP contribution is 2.24. The third-order valence-corrected chi connectivity index (χ3v) is 5.53. The lowest BCUT2D eigenvalue weighted by Crippen LogP contribution is -2.02. The monoisotopic (exact) mass is 392 g/mol. The minimum Gasteiger partial charge on any atom is -0.507 e. The first kappa shape index (κ1) is 22.9. The quantitative estimate of drug-likeness (QED) is 0.264. The van der Waals surface area contributed by atoms with Crippen molar-refractivity contribution in [1.29, 1.82) is 0 Å². The molecule has 0 atom stereocenters. The number of unbranched alkanes of at least 4 members (excludes halogenated alkanes) is 9. The fourth-order valence-corrected chi connectivity index (χ4v) is 3.67. The lowest BCUT2D eigenvalue weighted by Gasteiger charge is -2.08. The Hall–Kier alpha value is -2.35. The molecule has 0 fully saturated rings. The Morgan fingerprint density at radius 2 is 1.45 bits per heavy atom. The van der Waals surface area contributed by atoms with Gasteiger partial charge in [0.15, 0.2) is 5.78 Å². The van der Waals surface area contributed by atoms with Crippen LogP contribution in [-0.4, -0.2) is 10.9 Å². The van der Waals surface area contributed by atoms with E-state index in [1.807, 2.05) is 18.2 Å². The van der Waals surface area contributed by atoms with E-state index in [1.165, 1.54) is 57.8 Å². The van der Waals surface area contributed by atoms with E-state index in [-0.39, 0.29) is 11.5 Å². The molecule has 0 saturated carbocycles. The summed E-state index contributed by atoms with van der Waals surface area (Å²) in [6.07, 6.45) is 15.9. The van der Waals surface area contributed by atoms with Crippen molar-refractivity contribution in [3.8, 4) is 5.75 Å². The van der Waals surface area contributed by atoms with Crippen molar-refractivity contribution in [2.45, 2.75) is 77.6 Å². The molecule has 0 saturated heterocycles. The molecule has 0 heterocycles. The Morgan fingerprint density at radius 1 is 0.862 bits per heavy atom. The van der Waals surface area contributed by atoms with Gasteiger partial charge >= 0.3 is 0 Å². The number of phenolic OH excluding ortho intramolecular Hbond substituents is 1. The average Bonchev–Trinajstić information content (AvgIpc) is 2.75. The highest BCUT2D eigenvalue weighted by molar-refractivity contribution is 6.10. The number of aryl methyl sites for hydroxylation is 1. The third kappa shape index (κ3) is 7.89. The van der Waals surface area contributed by atoms with Crippen molar-refractivity contribution in [1.82, 2.24) is 0 Å². The predicted molar refractivity (Wildman–Crippen MR) is 124 cm³/mol. The number of aromatic hydroxyl groups is 1. The van der Waals surface area contributed by atoms with Crippen molar-refractivity contribution >= 4 is 11.9 Å². The van der Waals surface area contributed by atoms with Crippen LogP contribution < -0.4 is 0 Å². The molecule has 0 spiro atoms. The molecular weight excluding hydrogens is 356 g/mol. The summed E-state index contributed by atoms with van der Waals surface area (Å²) in [5.74, 6) is -0.0732. The van der Waals surface area contributed by atoms with Gasteiger partial charge in [-0.25, -0.2) is 0 Å². The molecule has 0 bridgehead atoms. The Labute approximate surface area is 176 Å². The summed E-state index contributed by atoms with van der Waals surface area (Å²) in [6.45, 7) is 5.98. The second kappa shape index (κ2) is 13.0. The number of hydrogen-bond donors (Lipinski definition) is 1. The largest absolute Gasteiger partial charge is 0.507 e. The number of carbonyl (C=O) groups is 1. The molecule has 29 heavy (non-hydrogen) atoms. The highest BCUT2D eigenvalue weighted by Gasteiger charge is 2.13. The summed E-state index contributed by atoms with van der Waals surface area (Å²) in [7, 11) is 0. The molecule has 156 valence electrons. The van der Waals surface area contributed by atoms with Crippen LogP contribution in [0.1, 0.15) is 98.2 Å². The zero-order valence-corrected chi connectivity index (χ0v) is 18.0. The Morgan fingerprint density at radius 3 is 2.00 bits per heavy atom. The van der Waals surface area contributed by atoms with E-state index in [0.29, 0.717) is 11.1 Å². The molecule has 2 aromatic rings. The van der Waals surface area contributed by atoms with Crippen LogP contribution in [0.25, 0.3) is 6.08 Å². The third-order valence-electron chi connectivity index (χ3n) is 5.53. The summed E-state index contributed by atoms with van der Waals surface area (Å²) in [6, 6.07) is 12.7. The van der Waals surface area contributed by atoms with Crippen LogP contribution >= 0.6 is 0 Å². The van der Waals surface area contributed by atoms with Gasteiger partial charge in [0, 0.05) is 5.56 Å². The van der Waals surface area contributed by atoms with E-state index in [1.54, 1.807) is 30.3 Å². The summed E-state index contributed by atoms with van der Waals surface area (Å²) in [4.78, 5) is 12.6. The normalized spacial score (nSPS) is 10.8. The number of carbonyl (C=O) groups excluding carboxylic acids is 1. The molecule has 1 N–H and O–H groups in total. The van der Waals surface area contributed by atoms with Gasteiger partial charge in [0.2, 0.25) is 0 Å². The molecule has 0 aliphatic heterocycles. The summed E-state index contributed by atoms with van der Waals surface area (Å²) in [5, 5.41) is 10.3. The number of hydrogen-bond acceptors (Lipinski definition) is 2. The van der Waals surface area contributed by atoms with Crippen molar-refractivity contribution in [3.05, 3.63) is 71.3 Å². The minimum atomic E-state index is -0.149. The summed E-state index contributed by atoms with van der Waals surface area (Å²) >= 11 is 0. The van der Waals surface area contributed by atoms with E-state index in [4.69, 9.17) is 0 Å². The predicted octanol–water partition coefficient (Wildman–Crippen LogP) is 7.73. The van der Waals surface area contributed by atoms with Crippen LogP contribution in [-0.2, 0) is 6.42 Å². The maximum absolute atomic E-state index is 12.6. The van der Waals surface area contributed by atoms with E-state index in [0.717, 1.165) is 24.0 Å². The van der Waals surface area contributed by atoms with Crippen LogP contribution in [0, 0.1) is 0 Å². The zero-order chi connectivity index (χ0) is 20.9. The minimum absolute atomic E-state index is 0.0763. The number of benzene rings is 2. The first-order valence-corrected chi connectivity index (χ1v) is 11.2. The van der Waals surface area contributed by atoms with E-state index < -0.39 is 0 Å². The molecule has 2 rings (SSSR count). The van der Waals surface area contributed by atoms with Gasteiger partial charge in [0.1, 0.15) is 5.75 Å². The SMILES string of the molecule is C=Cc1ccc(C(=O)c2ccc(CCCCCCCCCCCC)cc2O)cc1. The Balaban J connectivity index is 1.73. The smallest absolute Gasteiger partial charge is 0.196 e. The van der Waals surface area contributed by atoms with Crippen molar-refractivity contribution in [3.63, 3.8) is 0 Å². The standard InChI is InChI=1S/C27H36O2/c1-3-5-6-7-8-9-10-11-12-13-14-23-17-20-25(26(28)21-23)27(29)24-18-15-22(4-2)16-19-24/h4,15-21,28H,2-3,5-14H2,1H3. The molecule has 2 nitrogen and oxygen atoms in total. The van der Waals surface area contributed by atoms with Gasteiger partial charge in [0.05, 0.1) is 5.56 Å². The molecule has 0 radical (unpaired) electrons. The number of ketones is 1. The molecule has 0 aliphatic carbocycles. The summed E-state index contributed by atoms with van der Waals surface area (Å²) < 4.78 is 0. The van der Waals surface area contributed by atoms with Crippen LogP contribution in [0.15, 0.2) is 49.0 Å². The van der Waals surface area contributed by atoms with Gasteiger partial charge in [-0.1, -0.05) is 108 Å². The molecule has 0 unspecified atom stereocenters. The lowest BCUT2D eigenvalue weighted by atomic mass is 9.98. The van der Waals surface area contributed by atoms with Crippen LogP contribution in [0.5, 0.6) is 5.75 Å². The lowest BCUT2D eigenvalue weighted by molar-refractivity contribution is 0.103. The molecule has 0 aliphatic rings. The molecular formula is C27H36O2. The van der Waals surface area contributed by atoms with Crippen LogP contribution in [0.3, 0.4) is 0 Å². The zero-order valence-electron chi connectivity index (χ0n) is 18.0. The second-order valence-corrected chi connectivity index (χ2v) is 7.94. The van der Waals surface area contributed by atoms with E-state index in [2.05, 4.69) is 13.5 Å². The second-order valence-electron chi connectivity index (χ2n) is 7.94. The summed E-state index contributed by atoms with van der Waals surface area (Å²) in [5.41, 5.74) is 3.01. The van der Waals surface area contributed by atoms with Crippen LogP contribution in [0.2, 0.25) is 0 Å². The van der Waals surface area contributed by atoms with Crippen molar-refractivity contribution in [2.24, 2.45) is 0 Å². The van der Waals surface area contributed by atoms with Crippen molar-refractivity contribution < 1.29 is 9.90 Å². The fourth-order valence-electron chi connectivity index (χ4n) is 3.67. The molecule has 0 amide bonds. The number of rotatable bonds is 14. The topological polar surface area (TPSA) is 37.3 Å². The highest BCUT2D eigenvalue weighted by atomic mass is 16.3. The maximum atomic E-state index is 12.6. The Bertz CT molecular complexity index is 759. The van der Waals surface area contributed by atoms with Crippen LogP contribution in [0.4, 0.5) is 0 Å². The Kier molecular flexibility index (Phi) is 10.3. The van der Waals surface area contributed by atoms with Gasteiger partial charge in [-0.2, -0.15) is 0 Å². The van der Waals surface area contributed by atoms with Crippen molar-refractivity contribution in [2.75, 3.05) is 0 Å². The van der Waals surface area contributed by atoms with Gasteiger partial charge in [0.25, 0.3) is 0 Å². The van der Waals surface area contributed by atoms with E-state index in [9.17, 15) is 9.90 Å². The van der Waals surface area contributed by atoms with Gasteiger partial charge in [-0.05, 0) is 36.1 Å². The first-order valence-electron chi connectivity index (χ1n) is 11.2. The number of phenols is 1.